The van der Waals surface area contributed by atoms with Crippen LogP contribution in [0.4, 0.5) is 0 Å². The van der Waals surface area contributed by atoms with E-state index in [2.05, 4.69) is 18.2 Å². The summed E-state index contributed by atoms with van der Waals surface area (Å²) in [6, 6.07) is 10.4. The zero-order valence-electron chi connectivity index (χ0n) is 12.2. The van der Waals surface area contributed by atoms with Gasteiger partial charge in [0, 0.05) is 6.42 Å². The fraction of sp³-hybridized carbons (Fsp3) is 0.389. The Morgan fingerprint density at radius 3 is 2.62 bits per heavy atom. The first-order chi connectivity index (χ1) is 10.1. The van der Waals surface area contributed by atoms with Crippen LogP contribution in [0.1, 0.15) is 42.6 Å². The molecule has 0 saturated carbocycles. The molecule has 0 bridgehead atoms. The molecular formula is C18H20O3. The van der Waals surface area contributed by atoms with Crippen LogP contribution in [0.2, 0.25) is 0 Å². The summed E-state index contributed by atoms with van der Waals surface area (Å²) in [5, 5.41) is 21.8. The van der Waals surface area contributed by atoms with Gasteiger partial charge in [-0.2, -0.15) is 0 Å². The van der Waals surface area contributed by atoms with Crippen LogP contribution < -0.4 is 0 Å². The standard InChI is InChI=1S/C18H20O3/c1-11(10-17(20)21)9-16(19)14-8-7-13-6-5-12-3-2-4-15(14)18(12)13/h2-4,7-8,11,16,19H,5-6,9-10H2,1H3,(H,20,21). The van der Waals surface area contributed by atoms with Gasteiger partial charge >= 0.3 is 5.97 Å². The molecule has 110 valence electrons. The molecule has 21 heavy (non-hydrogen) atoms. The van der Waals surface area contributed by atoms with Crippen LogP contribution in [-0.4, -0.2) is 16.2 Å². The predicted octanol–water partition coefficient (Wildman–Crippen LogP) is 3.47. The van der Waals surface area contributed by atoms with Gasteiger partial charge in [-0.1, -0.05) is 37.3 Å². The zero-order chi connectivity index (χ0) is 15.0. The van der Waals surface area contributed by atoms with Gasteiger partial charge in [0.25, 0.3) is 0 Å². The van der Waals surface area contributed by atoms with Crippen LogP contribution in [0.15, 0.2) is 30.3 Å². The minimum atomic E-state index is -0.810. The van der Waals surface area contributed by atoms with Gasteiger partial charge in [-0.3, -0.25) is 4.79 Å². The molecule has 2 aromatic rings. The average molecular weight is 284 g/mol. The Balaban J connectivity index is 1.92. The molecule has 0 saturated heterocycles. The Morgan fingerprint density at radius 1 is 1.19 bits per heavy atom. The Hall–Kier alpha value is -1.87. The van der Waals surface area contributed by atoms with Gasteiger partial charge in [-0.25, -0.2) is 0 Å². The maximum Gasteiger partial charge on any atom is 0.303 e. The number of carboxylic acids is 1. The van der Waals surface area contributed by atoms with E-state index in [9.17, 15) is 9.90 Å². The van der Waals surface area contributed by atoms with Crippen LogP contribution in [0, 0.1) is 5.92 Å². The minimum Gasteiger partial charge on any atom is -0.481 e. The SMILES string of the molecule is CC(CC(=O)O)CC(O)c1ccc2c3c(cccc13)CC2. The van der Waals surface area contributed by atoms with Crippen molar-refractivity contribution in [1.82, 2.24) is 0 Å². The largest absolute Gasteiger partial charge is 0.481 e. The summed E-state index contributed by atoms with van der Waals surface area (Å²) in [6.07, 6.45) is 2.11. The van der Waals surface area contributed by atoms with Gasteiger partial charge in [-0.15, -0.1) is 0 Å². The third kappa shape index (κ3) is 2.66. The molecule has 1 aliphatic carbocycles. The predicted molar refractivity (Wildman–Crippen MR) is 82.3 cm³/mol. The summed E-state index contributed by atoms with van der Waals surface area (Å²) < 4.78 is 0. The summed E-state index contributed by atoms with van der Waals surface area (Å²) in [4.78, 5) is 10.8. The summed E-state index contributed by atoms with van der Waals surface area (Å²) in [5.41, 5.74) is 3.64. The quantitative estimate of drug-likeness (QED) is 0.884. The Labute approximate surface area is 124 Å². The van der Waals surface area contributed by atoms with Crippen molar-refractivity contribution in [3.8, 4) is 0 Å². The van der Waals surface area contributed by atoms with E-state index in [1.807, 2.05) is 19.1 Å². The molecule has 3 nitrogen and oxygen atoms in total. The normalized spacial score (nSPS) is 16.1. The van der Waals surface area contributed by atoms with Gasteiger partial charge in [0.05, 0.1) is 6.10 Å². The minimum absolute atomic E-state index is 0.0412. The van der Waals surface area contributed by atoms with Crippen LogP contribution in [0.25, 0.3) is 10.8 Å². The van der Waals surface area contributed by atoms with Crippen molar-refractivity contribution in [3.05, 3.63) is 47.0 Å². The Morgan fingerprint density at radius 2 is 1.90 bits per heavy atom. The van der Waals surface area contributed by atoms with Gasteiger partial charge < -0.3 is 10.2 Å². The molecule has 1 aliphatic rings. The number of aliphatic carboxylic acids is 1. The number of aliphatic hydroxyl groups excluding tert-OH is 1. The second-order valence-corrected chi connectivity index (χ2v) is 6.11. The van der Waals surface area contributed by atoms with E-state index in [0.717, 1.165) is 23.8 Å². The molecule has 0 spiro atoms. The number of hydrogen-bond acceptors (Lipinski definition) is 2. The van der Waals surface area contributed by atoms with Crippen LogP contribution in [0.5, 0.6) is 0 Å². The highest BCUT2D eigenvalue weighted by molar-refractivity contribution is 5.93. The number of benzene rings is 2. The lowest BCUT2D eigenvalue weighted by atomic mass is 9.91. The second kappa shape index (κ2) is 5.49. The van der Waals surface area contributed by atoms with Crippen molar-refractivity contribution >= 4 is 16.7 Å². The highest BCUT2D eigenvalue weighted by atomic mass is 16.4. The number of aryl methyl sites for hydroxylation is 2. The lowest BCUT2D eigenvalue weighted by molar-refractivity contribution is -0.138. The Bertz CT molecular complexity index is 680. The van der Waals surface area contributed by atoms with Gasteiger partial charge in [-0.05, 0) is 52.6 Å². The van der Waals surface area contributed by atoms with E-state index < -0.39 is 12.1 Å². The van der Waals surface area contributed by atoms with Crippen molar-refractivity contribution < 1.29 is 15.0 Å². The molecule has 2 atom stereocenters. The van der Waals surface area contributed by atoms with Gasteiger partial charge in [0.15, 0.2) is 0 Å². The highest BCUT2D eigenvalue weighted by Crippen LogP contribution is 2.36. The van der Waals surface area contributed by atoms with Crippen molar-refractivity contribution in [2.45, 2.75) is 38.7 Å². The molecule has 3 heteroatoms. The maximum atomic E-state index is 10.8. The lowest BCUT2D eigenvalue weighted by Gasteiger charge is -2.18. The first-order valence-electron chi connectivity index (χ1n) is 7.49. The number of aliphatic hydroxyl groups is 1. The van der Waals surface area contributed by atoms with E-state index >= 15 is 0 Å². The summed E-state index contributed by atoms with van der Waals surface area (Å²) in [5.74, 6) is -0.851. The van der Waals surface area contributed by atoms with Crippen LogP contribution in [0.3, 0.4) is 0 Å². The number of rotatable bonds is 5. The molecular weight excluding hydrogens is 264 g/mol. The summed E-state index contributed by atoms with van der Waals surface area (Å²) in [7, 11) is 0. The molecule has 0 aromatic heterocycles. The molecule has 3 rings (SSSR count). The van der Waals surface area contributed by atoms with Crippen LogP contribution in [-0.2, 0) is 17.6 Å². The first kappa shape index (κ1) is 14.1. The smallest absolute Gasteiger partial charge is 0.303 e. The zero-order valence-corrected chi connectivity index (χ0v) is 12.2. The topological polar surface area (TPSA) is 57.5 Å². The third-order valence-electron chi connectivity index (χ3n) is 4.42. The molecule has 0 fully saturated rings. The maximum absolute atomic E-state index is 10.8. The molecule has 0 radical (unpaired) electrons. The first-order valence-corrected chi connectivity index (χ1v) is 7.49. The van der Waals surface area contributed by atoms with E-state index in [1.54, 1.807) is 0 Å². The summed E-state index contributed by atoms with van der Waals surface area (Å²) in [6.45, 7) is 1.87. The molecule has 2 N–H and O–H groups in total. The molecule has 0 aliphatic heterocycles. The monoisotopic (exact) mass is 284 g/mol. The highest BCUT2D eigenvalue weighted by Gasteiger charge is 2.20. The van der Waals surface area contributed by atoms with Crippen molar-refractivity contribution in [1.29, 1.82) is 0 Å². The van der Waals surface area contributed by atoms with E-state index in [-0.39, 0.29) is 12.3 Å². The van der Waals surface area contributed by atoms with E-state index in [4.69, 9.17) is 5.11 Å². The third-order valence-corrected chi connectivity index (χ3v) is 4.42. The van der Waals surface area contributed by atoms with E-state index in [1.165, 1.54) is 16.5 Å². The molecule has 2 aromatic carbocycles. The number of hydrogen-bond donors (Lipinski definition) is 2. The fourth-order valence-corrected chi connectivity index (χ4v) is 3.45. The number of carboxylic acid groups (broad SMARTS) is 1. The van der Waals surface area contributed by atoms with E-state index in [0.29, 0.717) is 6.42 Å². The molecule has 0 amide bonds. The molecule has 0 heterocycles. The van der Waals surface area contributed by atoms with Gasteiger partial charge in [0.1, 0.15) is 0 Å². The Kier molecular flexibility index (Phi) is 3.68. The van der Waals surface area contributed by atoms with Crippen molar-refractivity contribution in [2.75, 3.05) is 0 Å². The van der Waals surface area contributed by atoms with Gasteiger partial charge in [0.2, 0.25) is 0 Å². The van der Waals surface area contributed by atoms with Crippen molar-refractivity contribution in [3.63, 3.8) is 0 Å². The average Bonchev–Trinajstić information content (AvgIpc) is 2.83. The molecule has 2 unspecified atom stereocenters. The fourth-order valence-electron chi connectivity index (χ4n) is 3.45. The lowest BCUT2D eigenvalue weighted by Crippen LogP contribution is -2.09. The number of carbonyl (C=O) groups is 1. The van der Waals surface area contributed by atoms with Crippen LogP contribution >= 0.6 is 0 Å². The second-order valence-electron chi connectivity index (χ2n) is 6.11. The summed E-state index contributed by atoms with van der Waals surface area (Å²) >= 11 is 0. The van der Waals surface area contributed by atoms with Crippen molar-refractivity contribution in [2.24, 2.45) is 5.92 Å².